The van der Waals surface area contributed by atoms with Crippen molar-refractivity contribution in [3.63, 3.8) is 0 Å². The van der Waals surface area contributed by atoms with E-state index in [1.807, 2.05) is 0 Å². The lowest BCUT2D eigenvalue weighted by Crippen LogP contribution is -2.06. The van der Waals surface area contributed by atoms with Crippen molar-refractivity contribution in [2.45, 2.75) is 252 Å². The van der Waals surface area contributed by atoms with E-state index < -0.39 is 0 Å². The Balaban J connectivity index is 1.73. The maximum absolute atomic E-state index is 5.94. The topological polar surface area (TPSA) is 57.4 Å². The van der Waals surface area contributed by atoms with Gasteiger partial charge in [-0.1, -0.05) is 214 Å². The Hall–Kier alpha value is -4.62. The van der Waals surface area contributed by atoms with Crippen LogP contribution in [-0.2, 0) is 0 Å². The van der Waals surface area contributed by atoms with Gasteiger partial charge >= 0.3 is 0 Å². The Labute approximate surface area is 433 Å². The summed E-state index contributed by atoms with van der Waals surface area (Å²) in [7, 11) is 0. The molecule has 5 heterocycles. The largest absolute Gasteiger partial charge is 0.355 e. The number of unbranched alkanes of at least 4 members (excludes halogenated alkanes) is 18. The molecule has 4 aromatic rings. The molecule has 0 unspecified atom stereocenters. The second-order valence-corrected chi connectivity index (χ2v) is 21.5. The third kappa shape index (κ3) is 16.2. The van der Waals surface area contributed by atoms with Gasteiger partial charge in [-0.25, -0.2) is 9.97 Å². The van der Waals surface area contributed by atoms with Gasteiger partial charge in [0.15, 0.2) is 0 Å². The average Bonchev–Trinajstić information content (AvgIpc) is 4.25. The summed E-state index contributed by atoms with van der Waals surface area (Å²) in [4.78, 5) is 20.1. The summed E-state index contributed by atoms with van der Waals surface area (Å²) in [6.45, 7) is 14.0. The first-order chi connectivity index (χ1) is 35.0. The predicted molar refractivity (Wildman–Crippen MR) is 313 cm³/mol. The van der Waals surface area contributed by atoms with Crippen molar-refractivity contribution in [1.82, 2.24) is 19.9 Å². The number of terminal acetylenes is 1. The van der Waals surface area contributed by atoms with Gasteiger partial charge in [0.2, 0.25) is 0 Å². The van der Waals surface area contributed by atoms with Crippen molar-refractivity contribution >= 4 is 46.4 Å². The lowest BCUT2D eigenvalue weighted by molar-refractivity contribution is 0.493. The third-order valence-electron chi connectivity index (χ3n) is 15.9. The molecule has 0 spiro atoms. The Bertz CT molecular complexity index is 2290. The van der Waals surface area contributed by atoms with Gasteiger partial charge in [-0.05, 0) is 123 Å². The first kappa shape index (κ1) is 55.7. The number of benzene rings is 1. The fourth-order valence-corrected chi connectivity index (χ4v) is 11.8. The molecule has 0 fully saturated rings. The van der Waals surface area contributed by atoms with Crippen LogP contribution in [0.15, 0.2) is 48.5 Å². The monoisotopic (exact) mass is 957 g/mol. The number of hydrogen-bond donors (Lipinski definition) is 2. The minimum absolute atomic E-state index is 0.405. The molecule has 0 radical (unpaired) electrons. The zero-order chi connectivity index (χ0) is 50.0. The number of rotatable bonds is 34. The smallest absolute Gasteiger partial charge is 0.0694 e. The SMILES string of the molecule is C#Cc1ccc(-c2c3ccc([nH]3)c(C(CCCCCC)CCCCCC)c3nc(c(C(CCCCCC)CCCCCC)c4nc(c(C(CCCCCC)CCCCCC)c5ccc2[nH]5)C=C4)C=C3)cc1. The molecule has 2 aliphatic rings. The van der Waals surface area contributed by atoms with Crippen molar-refractivity contribution in [2.24, 2.45) is 0 Å². The highest BCUT2D eigenvalue weighted by Gasteiger charge is 2.26. The van der Waals surface area contributed by atoms with E-state index >= 15 is 0 Å². The Kier molecular flexibility index (Phi) is 24.4. The van der Waals surface area contributed by atoms with Crippen LogP contribution < -0.4 is 0 Å². The Morgan fingerprint density at radius 1 is 0.366 bits per heavy atom. The molecule has 4 nitrogen and oxygen atoms in total. The van der Waals surface area contributed by atoms with E-state index in [1.54, 1.807) is 0 Å². The standard InChI is InChI=1S/C67H96N4/c1-8-15-21-27-33-52(34-28-22-16-9-2)64-56-43-45-58(68-56)65(53(35-29-23-17-10-3)36-30-24-18-11-4)60-47-49-62(70-60)67(55-41-39-51(14-7)40-42-55)63-50-48-61(71-63)66(59-46-44-57(64)69-59)54(37-31-25-19-12-5)38-32-26-20-13-6/h7,39-50,52-54,70-71H,8-13,15-38H2,1-6H3. The van der Waals surface area contributed by atoms with Gasteiger partial charge in [0.25, 0.3) is 0 Å². The number of nitrogens with zero attached hydrogens (tertiary/aromatic N) is 2. The zero-order valence-corrected chi connectivity index (χ0v) is 45.8. The first-order valence-corrected chi connectivity index (χ1v) is 29.7. The van der Waals surface area contributed by atoms with Gasteiger partial charge in [-0.15, -0.1) is 6.42 Å². The molecule has 0 aliphatic carbocycles. The highest BCUT2D eigenvalue weighted by Crippen LogP contribution is 2.42. The lowest BCUT2D eigenvalue weighted by Gasteiger charge is -2.20. The molecule has 6 rings (SSSR count). The summed E-state index contributed by atoms with van der Waals surface area (Å²) in [6.07, 6.45) is 53.1. The second-order valence-electron chi connectivity index (χ2n) is 21.5. The van der Waals surface area contributed by atoms with E-state index in [2.05, 4.69) is 130 Å². The zero-order valence-electron chi connectivity index (χ0n) is 45.8. The molecule has 0 saturated carbocycles. The lowest BCUT2D eigenvalue weighted by atomic mass is 9.86. The van der Waals surface area contributed by atoms with Gasteiger partial charge in [-0.2, -0.15) is 0 Å². The van der Waals surface area contributed by atoms with E-state index in [0.717, 1.165) is 44.9 Å². The van der Waals surface area contributed by atoms with E-state index in [1.165, 1.54) is 226 Å². The molecule has 3 aromatic heterocycles. The summed E-state index contributed by atoms with van der Waals surface area (Å²) < 4.78 is 0. The fraction of sp³-hybridized carbons (Fsp3) is 0.582. The van der Waals surface area contributed by atoms with Crippen molar-refractivity contribution in [3.8, 4) is 23.5 Å². The van der Waals surface area contributed by atoms with Crippen molar-refractivity contribution in [2.75, 3.05) is 0 Å². The number of hydrogen-bond acceptors (Lipinski definition) is 2. The second kappa shape index (κ2) is 31.1. The predicted octanol–water partition coefficient (Wildman–Crippen LogP) is 21.4. The van der Waals surface area contributed by atoms with Crippen LogP contribution in [0.3, 0.4) is 0 Å². The normalized spacial score (nSPS) is 12.3. The molecule has 2 N–H and O–H groups in total. The van der Waals surface area contributed by atoms with E-state index in [-0.39, 0.29) is 0 Å². The van der Waals surface area contributed by atoms with E-state index in [9.17, 15) is 0 Å². The van der Waals surface area contributed by atoms with E-state index in [4.69, 9.17) is 16.4 Å². The molecule has 2 aliphatic heterocycles. The summed E-state index contributed by atoms with van der Waals surface area (Å²) >= 11 is 0. The van der Waals surface area contributed by atoms with Gasteiger partial charge in [0.05, 0.1) is 22.8 Å². The number of fused-ring (bicyclic) bond motifs is 8. The van der Waals surface area contributed by atoms with Crippen molar-refractivity contribution in [3.05, 3.63) is 93.6 Å². The number of aromatic amines is 2. The van der Waals surface area contributed by atoms with Crippen LogP contribution in [0.2, 0.25) is 0 Å². The molecule has 384 valence electrons. The van der Waals surface area contributed by atoms with E-state index in [0.29, 0.717) is 17.8 Å². The van der Waals surface area contributed by atoms with Crippen molar-refractivity contribution < 1.29 is 0 Å². The molecule has 0 atom stereocenters. The maximum atomic E-state index is 5.94. The van der Waals surface area contributed by atoms with Crippen LogP contribution in [0, 0.1) is 12.3 Å². The van der Waals surface area contributed by atoms with Gasteiger partial charge in [-0.3, -0.25) is 0 Å². The Morgan fingerprint density at radius 2 is 0.662 bits per heavy atom. The van der Waals surface area contributed by atoms with Crippen LogP contribution in [0.25, 0.3) is 57.5 Å². The summed E-state index contributed by atoms with van der Waals surface area (Å²) in [5.74, 6) is 4.08. The van der Waals surface area contributed by atoms with Gasteiger partial charge in [0.1, 0.15) is 0 Å². The number of H-pyrrole nitrogens is 2. The molecule has 0 saturated heterocycles. The quantitative estimate of drug-likeness (QED) is 0.0313. The number of nitrogens with one attached hydrogen (secondary N) is 2. The molecule has 71 heavy (non-hydrogen) atoms. The minimum atomic E-state index is 0.405. The molecular weight excluding hydrogens is 861 g/mol. The number of aromatic nitrogens is 4. The van der Waals surface area contributed by atoms with Crippen molar-refractivity contribution in [1.29, 1.82) is 0 Å². The highest BCUT2D eigenvalue weighted by molar-refractivity contribution is 5.94. The van der Waals surface area contributed by atoms with Crippen LogP contribution in [0.1, 0.15) is 297 Å². The molecule has 4 heteroatoms. The van der Waals surface area contributed by atoms with Gasteiger partial charge < -0.3 is 9.97 Å². The van der Waals surface area contributed by atoms with Crippen LogP contribution in [0.5, 0.6) is 0 Å². The fourth-order valence-electron chi connectivity index (χ4n) is 11.8. The highest BCUT2D eigenvalue weighted by atomic mass is 14.8. The van der Waals surface area contributed by atoms with Crippen LogP contribution in [0.4, 0.5) is 0 Å². The first-order valence-electron chi connectivity index (χ1n) is 29.7. The Morgan fingerprint density at radius 3 is 0.972 bits per heavy atom. The molecular formula is C67H96N4. The minimum Gasteiger partial charge on any atom is -0.355 e. The van der Waals surface area contributed by atoms with Crippen LogP contribution >= 0.6 is 0 Å². The summed E-state index contributed by atoms with van der Waals surface area (Å²) in [6, 6.07) is 18.0. The summed E-state index contributed by atoms with van der Waals surface area (Å²) in [5, 5.41) is 0. The molecule has 1 aromatic carbocycles. The van der Waals surface area contributed by atoms with Crippen LogP contribution in [-0.4, -0.2) is 19.9 Å². The third-order valence-corrected chi connectivity index (χ3v) is 15.9. The van der Waals surface area contributed by atoms with Gasteiger partial charge in [0, 0.05) is 49.9 Å². The maximum Gasteiger partial charge on any atom is 0.0694 e. The summed E-state index contributed by atoms with van der Waals surface area (Å²) in [5.41, 5.74) is 16.6. The molecule has 0 amide bonds. The molecule has 8 bridgehead atoms. The average molecular weight is 958 g/mol.